The third-order valence-electron chi connectivity index (χ3n) is 3.76. The molecule has 0 saturated heterocycles. The smallest absolute Gasteiger partial charge is 0.271 e. The van der Waals surface area contributed by atoms with Crippen LogP contribution >= 0.6 is 0 Å². The molecule has 1 N–H and O–H groups in total. The van der Waals surface area contributed by atoms with E-state index in [1.165, 1.54) is 44.4 Å². The number of methoxy groups -OCH3 is 1. The van der Waals surface area contributed by atoms with E-state index in [0.29, 0.717) is 16.7 Å². The number of carbonyl (C=O) groups is 2. The minimum absolute atomic E-state index is 0.00228. The summed E-state index contributed by atoms with van der Waals surface area (Å²) < 4.78 is 10.9. The number of nitrogens with zero attached hydrogens (tertiary/aromatic N) is 2. The largest absolute Gasteiger partial charge is 0.497 e. The lowest BCUT2D eigenvalue weighted by Gasteiger charge is -2.06. The molecule has 0 aliphatic carbocycles. The van der Waals surface area contributed by atoms with Crippen LogP contribution in [0.25, 0.3) is 11.0 Å². The molecule has 0 aliphatic rings. The Morgan fingerprint density at radius 2 is 1.96 bits per heavy atom. The van der Waals surface area contributed by atoms with Crippen molar-refractivity contribution >= 4 is 34.2 Å². The fourth-order valence-electron chi connectivity index (χ4n) is 2.50. The summed E-state index contributed by atoms with van der Waals surface area (Å²) >= 11 is 0. The first-order chi connectivity index (χ1) is 13.4. The van der Waals surface area contributed by atoms with E-state index >= 15 is 0 Å². The van der Waals surface area contributed by atoms with Crippen LogP contribution in [0.1, 0.15) is 17.3 Å². The number of nitro groups is 1. The summed E-state index contributed by atoms with van der Waals surface area (Å²) in [5, 5.41) is 13.7. The van der Waals surface area contributed by atoms with Crippen molar-refractivity contribution in [3.8, 4) is 5.75 Å². The third-order valence-corrected chi connectivity index (χ3v) is 3.76. The number of ether oxygens (including phenoxy) is 1. The fraction of sp³-hybridized carbons (Fsp3) is 0.105. The van der Waals surface area contributed by atoms with Crippen molar-refractivity contribution < 1.29 is 23.7 Å². The van der Waals surface area contributed by atoms with Gasteiger partial charge in [0.1, 0.15) is 16.9 Å². The number of nitro benzene ring substituents is 1. The summed E-state index contributed by atoms with van der Waals surface area (Å²) in [5.74, 6) is -0.689. The maximum Gasteiger partial charge on any atom is 0.271 e. The first-order valence-corrected chi connectivity index (χ1v) is 8.10. The highest BCUT2D eigenvalue weighted by Crippen LogP contribution is 2.22. The molecular weight excluding hydrogens is 366 g/mol. The molecule has 0 bridgehead atoms. The molecule has 2 aromatic carbocycles. The molecule has 3 aromatic rings. The van der Waals surface area contributed by atoms with E-state index in [1.807, 2.05) is 0 Å². The summed E-state index contributed by atoms with van der Waals surface area (Å²) in [6.45, 7) is 1.20. The molecule has 28 heavy (non-hydrogen) atoms. The monoisotopic (exact) mass is 381 g/mol. The molecule has 9 nitrogen and oxygen atoms in total. The zero-order chi connectivity index (χ0) is 20.3. The van der Waals surface area contributed by atoms with E-state index in [2.05, 4.69) is 10.3 Å². The number of imide groups is 1. The van der Waals surface area contributed by atoms with Crippen LogP contribution in [-0.4, -0.2) is 23.8 Å². The maximum atomic E-state index is 12.4. The Morgan fingerprint density at radius 1 is 1.18 bits per heavy atom. The van der Waals surface area contributed by atoms with Crippen LogP contribution in [0, 0.1) is 10.1 Å². The molecule has 0 atom stereocenters. The van der Waals surface area contributed by atoms with Gasteiger partial charge >= 0.3 is 0 Å². The van der Waals surface area contributed by atoms with E-state index in [1.54, 1.807) is 18.2 Å². The van der Waals surface area contributed by atoms with E-state index < -0.39 is 16.7 Å². The van der Waals surface area contributed by atoms with Gasteiger partial charge in [-0.2, -0.15) is 0 Å². The lowest BCUT2D eigenvalue weighted by atomic mass is 10.1. The Balaban J connectivity index is 2.23. The second-order valence-corrected chi connectivity index (χ2v) is 5.77. The minimum Gasteiger partial charge on any atom is -0.497 e. The molecular formula is C19H15N3O6. The van der Waals surface area contributed by atoms with Crippen LogP contribution < -0.4 is 15.6 Å². The van der Waals surface area contributed by atoms with Crippen LogP contribution in [0.15, 0.2) is 57.9 Å². The number of carbonyl (C=O) groups excluding carboxylic acids is 2. The number of hydrogen-bond acceptors (Lipinski definition) is 7. The van der Waals surface area contributed by atoms with E-state index in [4.69, 9.17) is 9.15 Å². The van der Waals surface area contributed by atoms with Gasteiger partial charge in [-0.15, -0.1) is 0 Å². The van der Waals surface area contributed by atoms with Crippen LogP contribution in [0.2, 0.25) is 0 Å². The zero-order valence-corrected chi connectivity index (χ0v) is 15.0. The summed E-state index contributed by atoms with van der Waals surface area (Å²) in [4.78, 5) is 38.4. The van der Waals surface area contributed by atoms with Gasteiger partial charge in [0.2, 0.25) is 11.5 Å². The third kappa shape index (κ3) is 4.04. The van der Waals surface area contributed by atoms with Crippen LogP contribution in [-0.2, 0) is 4.79 Å². The predicted octanol–water partition coefficient (Wildman–Crippen LogP) is 2.86. The SMILES string of the molecule is COc1ccc2oc(=Nc3cccc([N+](=O)[O-])c3)c(C(=O)NC(C)=O)cc2c1. The summed E-state index contributed by atoms with van der Waals surface area (Å²) in [5.41, 5.74) is 0.410. The fourth-order valence-corrected chi connectivity index (χ4v) is 2.50. The second-order valence-electron chi connectivity index (χ2n) is 5.77. The van der Waals surface area contributed by atoms with Gasteiger partial charge in [0.25, 0.3) is 11.6 Å². The number of amides is 2. The molecule has 3 rings (SSSR count). The number of non-ortho nitro benzene ring substituents is 1. The average molecular weight is 381 g/mol. The van der Waals surface area contributed by atoms with E-state index in [0.717, 1.165) is 0 Å². The molecule has 0 radical (unpaired) electrons. The van der Waals surface area contributed by atoms with Crippen molar-refractivity contribution in [1.29, 1.82) is 0 Å². The molecule has 1 aromatic heterocycles. The lowest BCUT2D eigenvalue weighted by molar-refractivity contribution is -0.384. The average Bonchev–Trinajstić information content (AvgIpc) is 2.66. The van der Waals surface area contributed by atoms with Gasteiger partial charge in [-0.1, -0.05) is 6.07 Å². The summed E-state index contributed by atoms with van der Waals surface area (Å²) in [7, 11) is 1.51. The predicted molar refractivity (Wildman–Crippen MR) is 99.2 cm³/mol. The zero-order valence-electron chi connectivity index (χ0n) is 15.0. The van der Waals surface area contributed by atoms with Crippen LogP contribution in [0.3, 0.4) is 0 Å². The Bertz CT molecular complexity index is 1170. The first kappa shape index (κ1) is 18.8. The number of fused-ring (bicyclic) bond motifs is 1. The van der Waals surface area contributed by atoms with Gasteiger partial charge in [0, 0.05) is 24.4 Å². The van der Waals surface area contributed by atoms with Gasteiger partial charge in [0.15, 0.2) is 0 Å². The van der Waals surface area contributed by atoms with Crippen molar-refractivity contribution in [2.24, 2.45) is 4.99 Å². The number of hydrogen-bond donors (Lipinski definition) is 1. The molecule has 142 valence electrons. The highest BCUT2D eigenvalue weighted by Gasteiger charge is 2.15. The highest BCUT2D eigenvalue weighted by molar-refractivity contribution is 6.05. The molecule has 0 fully saturated rings. The standard InChI is InChI=1S/C19H15N3O6/c1-11(23)20-18(24)16-9-12-8-15(27-2)6-7-17(12)28-19(16)21-13-4-3-5-14(10-13)22(25)26/h3-10H,1-2H3,(H,20,23,24). The Kier molecular flexibility index (Phi) is 5.16. The van der Waals surface area contributed by atoms with Gasteiger partial charge in [-0.3, -0.25) is 25.0 Å². The van der Waals surface area contributed by atoms with Gasteiger partial charge in [-0.25, -0.2) is 4.99 Å². The van der Waals surface area contributed by atoms with E-state index in [-0.39, 0.29) is 22.5 Å². The summed E-state index contributed by atoms with van der Waals surface area (Å²) in [6.07, 6.45) is 0. The van der Waals surface area contributed by atoms with Crippen molar-refractivity contribution in [1.82, 2.24) is 5.32 Å². The summed E-state index contributed by atoms with van der Waals surface area (Å²) in [6, 6.07) is 12.1. The lowest BCUT2D eigenvalue weighted by Crippen LogP contribution is -2.32. The number of nitrogens with one attached hydrogen (secondary N) is 1. The maximum absolute atomic E-state index is 12.4. The van der Waals surface area contributed by atoms with Crippen molar-refractivity contribution in [2.75, 3.05) is 7.11 Å². The Labute approximate surface area is 158 Å². The normalized spacial score (nSPS) is 11.3. The Hall–Kier alpha value is -4.01. The Morgan fingerprint density at radius 3 is 2.64 bits per heavy atom. The van der Waals surface area contributed by atoms with Gasteiger partial charge in [0.05, 0.1) is 17.7 Å². The quantitative estimate of drug-likeness (QED) is 0.547. The van der Waals surface area contributed by atoms with E-state index in [9.17, 15) is 19.7 Å². The first-order valence-electron chi connectivity index (χ1n) is 8.10. The molecule has 9 heteroatoms. The van der Waals surface area contributed by atoms with Crippen LogP contribution in [0.4, 0.5) is 11.4 Å². The van der Waals surface area contributed by atoms with Gasteiger partial charge in [-0.05, 0) is 30.3 Å². The number of benzene rings is 2. The van der Waals surface area contributed by atoms with Crippen molar-refractivity contribution in [3.05, 3.63) is 69.8 Å². The molecule has 0 aliphatic heterocycles. The van der Waals surface area contributed by atoms with Crippen molar-refractivity contribution in [3.63, 3.8) is 0 Å². The minimum atomic E-state index is -0.704. The molecule has 1 heterocycles. The van der Waals surface area contributed by atoms with Crippen LogP contribution in [0.5, 0.6) is 5.75 Å². The molecule has 2 amide bonds. The van der Waals surface area contributed by atoms with Gasteiger partial charge < -0.3 is 9.15 Å². The number of rotatable bonds is 4. The molecule has 0 spiro atoms. The van der Waals surface area contributed by atoms with Crippen molar-refractivity contribution in [2.45, 2.75) is 6.92 Å². The molecule has 0 saturated carbocycles. The second kappa shape index (κ2) is 7.70. The topological polar surface area (TPSA) is 124 Å². The highest BCUT2D eigenvalue weighted by atomic mass is 16.6. The molecule has 0 unspecified atom stereocenters.